The maximum atomic E-state index is 5.79. The standard InChI is InChI=1S/C14H22N2/c1-10-6-7-13(8-11(10)2)16-14-5-3-4-12(14)9-15/h6-8,12,14,16H,3-5,9,15H2,1-2H3. The van der Waals surface area contributed by atoms with E-state index < -0.39 is 0 Å². The summed E-state index contributed by atoms with van der Waals surface area (Å²) in [6, 6.07) is 7.17. The fourth-order valence-corrected chi connectivity index (χ4v) is 2.55. The molecule has 2 nitrogen and oxygen atoms in total. The van der Waals surface area contributed by atoms with Gasteiger partial charge in [-0.2, -0.15) is 0 Å². The Morgan fingerprint density at radius 1 is 1.25 bits per heavy atom. The van der Waals surface area contributed by atoms with Gasteiger partial charge in [0, 0.05) is 11.7 Å². The highest BCUT2D eigenvalue weighted by atomic mass is 14.9. The van der Waals surface area contributed by atoms with Crippen molar-refractivity contribution in [2.45, 2.75) is 39.2 Å². The molecule has 2 heteroatoms. The highest BCUT2D eigenvalue weighted by Crippen LogP contribution is 2.28. The second-order valence-electron chi connectivity index (χ2n) is 4.98. The lowest BCUT2D eigenvalue weighted by Gasteiger charge is -2.21. The molecule has 0 aliphatic heterocycles. The molecule has 0 heterocycles. The summed E-state index contributed by atoms with van der Waals surface area (Å²) in [4.78, 5) is 0. The molecule has 0 spiro atoms. The molecule has 1 saturated carbocycles. The highest BCUT2D eigenvalue weighted by Gasteiger charge is 2.25. The number of anilines is 1. The average molecular weight is 218 g/mol. The zero-order valence-electron chi connectivity index (χ0n) is 10.3. The fourth-order valence-electron chi connectivity index (χ4n) is 2.55. The average Bonchev–Trinajstić information content (AvgIpc) is 2.71. The van der Waals surface area contributed by atoms with E-state index >= 15 is 0 Å². The van der Waals surface area contributed by atoms with Crippen molar-refractivity contribution in [3.05, 3.63) is 29.3 Å². The van der Waals surface area contributed by atoms with Crippen LogP contribution in [0.15, 0.2) is 18.2 Å². The summed E-state index contributed by atoms with van der Waals surface area (Å²) in [6.07, 6.45) is 3.85. The molecular weight excluding hydrogens is 196 g/mol. The van der Waals surface area contributed by atoms with Crippen molar-refractivity contribution < 1.29 is 0 Å². The zero-order valence-corrected chi connectivity index (χ0v) is 10.3. The number of nitrogens with one attached hydrogen (secondary N) is 1. The maximum Gasteiger partial charge on any atom is 0.0345 e. The van der Waals surface area contributed by atoms with E-state index in [0.717, 1.165) is 6.54 Å². The number of benzene rings is 1. The molecule has 0 radical (unpaired) electrons. The number of aryl methyl sites for hydroxylation is 2. The lowest BCUT2D eigenvalue weighted by molar-refractivity contribution is 0.516. The van der Waals surface area contributed by atoms with Crippen LogP contribution in [0.4, 0.5) is 5.69 Å². The minimum atomic E-state index is 0.576. The van der Waals surface area contributed by atoms with Gasteiger partial charge in [0.25, 0.3) is 0 Å². The molecule has 2 unspecified atom stereocenters. The quantitative estimate of drug-likeness (QED) is 0.818. The van der Waals surface area contributed by atoms with Crippen LogP contribution in [0.3, 0.4) is 0 Å². The topological polar surface area (TPSA) is 38.0 Å². The van der Waals surface area contributed by atoms with Gasteiger partial charge in [-0.3, -0.25) is 0 Å². The Morgan fingerprint density at radius 2 is 2.06 bits per heavy atom. The second kappa shape index (κ2) is 4.88. The normalized spacial score (nSPS) is 24.7. The summed E-state index contributed by atoms with van der Waals surface area (Å²) in [5, 5.41) is 3.63. The molecule has 1 aliphatic carbocycles. The van der Waals surface area contributed by atoms with Crippen molar-refractivity contribution >= 4 is 5.69 Å². The van der Waals surface area contributed by atoms with Gasteiger partial charge in [0.15, 0.2) is 0 Å². The van der Waals surface area contributed by atoms with E-state index in [-0.39, 0.29) is 0 Å². The molecule has 1 fully saturated rings. The third kappa shape index (κ3) is 2.38. The van der Waals surface area contributed by atoms with E-state index in [1.165, 1.54) is 36.1 Å². The van der Waals surface area contributed by atoms with Gasteiger partial charge in [-0.15, -0.1) is 0 Å². The van der Waals surface area contributed by atoms with Crippen molar-refractivity contribution in [1.29, 1.82) is 0 Å². The van der Waals surface area contributed by atoms with Crippen molar-refractivity contribution in [1.82, 2.24) is 0 Å². The third-order valence-corrected chi connectivity index (χ3v) is 3.82. The first kappa shape index (κ1) is 11.5. The van der Waals surface area contributed by atoms with Crippen LogP contribution in [0.2, 0.25) is 0 Å². The van der Waals surface area contributed by atoms with Gasteiger partial charge in [0.05, 0.1) is 0 Å². The van der Waals surface area contributed by atoms with Crippen LogP contribution in [-0.4, -0.2) is 12.6 Å². The Morgan fingerprint density at radius 3 is 2.75 bits per heavy atom. The minimum absolute atomic E-state index is 0.576. The first-order valence-corrected chi connectivity index (χ1v) is 6.24. The predicted octanol–water partition coefficient (Wildman–Crippen LogP) is 2.84. The summed E-state index contributed by atoms with van der Waals surface area (Å²) in [5.41, 5.74) is 9.74. The SMILES string of the molecule is Cc1ccc(NC2CCCC2CN)cc1C. The molecule has 0 saturated heterocycles. The summed E-state index contributed by atoms with van der Waals surface area (Å²) in [5.74, 6) is 0.654. The van der Waals surface area contributed by atoms with Gasteiger partial charge >= 0.3 is 0 Å². The number of rotatable bonds is 3. The van der Waals surface area contributed by atoms with Gasteiger partial charge in [0.1, 0.15) is 0 Å². The maximum absolute atomic E-state index is 5.79. The Bertz CT molecular complexity index is 360. The lowest BCUT2D eigenvalue weighted by atomic mass is 10.0. The van der Waals surface area contributed by atoms with Crippen molar-refractivity contribution in [3.8, 4) is 0 Å². The molecule has 3 N–H and O–H groups in total. The molecule has 16 heavy (non-hydrogen) atoms. The van der Waals surface area contributed by atoms with Gasteiger partial charge in [-0.1, -0.05) is 12.5 Å². The summed E-state index contributed by atoms with van der Waals surface area (Å²) in [7, 11) is 0. The monoisotopic (exact) mass is 218 g/mol. The molecule has 2 atom stereocenters. The molecule has 1 aliphatic rings. The van der Waals surface area contributed by atoms with E-state index in [1.54, 1.807) is 0 Å². The molecule has 1 aromatic rings. The number of hydrogen-bond acceptors (Lipinski definition) is 2. The molecule has 1 aromatic carbocycles. The molecule has 2 rings (SSSR count). The largest absolute Gasteiger partial charge is 0.382 e. The highest BCUT2D eigenvalue weighted by molar-refractivity contribution is 5.49. The van der Waals surface area contributed by atoms with Crippen LogP contribution in [0.5, 0.6) is 0 Å². The zero-order chi connectivity index (χ0) is 11.5. The first-order chi connectivity index (χ1) is 7.70. The third-order valence-electron chi connectivity index (χ3n) is 3.82. The molecular formula is C14H22N2. The molecule has 0 amide bonds. The van der Waals surface area contributed by atoms with Crippen molar-refractivity contribution in [2.24, 2.45) is 11.7 Å². The van der Waals surface area contributed by atoms with Gasteiger partial charge in [-0.25, -0.2) is 0 Å². The molecule has 0 bridgehead atoms. The summed E-state index contributed by atoms with van der Waals surface area (Å²) >= 11 is 0. The Balaban J connectivity index is 2.05. The Labute approximate surface area is 98.2 Å². The second-order valence-corrected chi connectivity index (χ2v) is 4.98. The van der Waals surface area contributed by atoms with Crippen molar-refractivity contribution in [2.75, 3.05) is 11.9 Å². The van der Waals surface area contributed by atoms with Crippen LogP contribution >= 0.6 is 0 Å². The van der Waals surface area contributed by atoms with Crippen LogP contribution in [0.25, 0.3) is 0 Å². The minimum Gasteiger partial charge on any atom is -0.382 e. The van der Waals surface area contributed by atoms with E-state index in [0.29, 0.717) is 12.0 Å². The smallest absolute Gasteiger partial charge is 0.0345 e. The van der Waals surface area contributed by atoms with E-state index in [4.69, 9.17) is 5.73 Å². The van der Waals surface area contributed by atoms with Gasteiger partial charge in [0.2, 0.25) is 0 Å². The number of hydrogen-bond donors (Lipinski definition) is 2. The Hall–Kier alpha value is -1.02. The van der Waals surface area contributed by atoms with E-state index in [2.05, 4.69) is 37.4 Å². The van der Waals surface area contributed by atoms with Crippen LogP contribution < -0.4 is 11.1 Å². The van der Waals surface area contributed by atoms with Crippen LogP contribution in [-0.2, 0) is 0 Å². The fraction of sp³-hybridized carbons (Fsp3) is 0.571. The van der Waals surface area contributed by atoms with Gasteiger partial charge in [-0.05, 0) is 62.4 Å². The predicted molar refractivity (Wildman–Crippen MR) is 69.7 cm³/mol. The van der Waals surface area contributed by atoms with Gasteiger partial charge < -0.3 is 11.1 Å². The summed E-state index contributed by atoms with van der Waals surface area (Å²) < 4.78 is 0. The molecule has 88 valence electrons. The van der Waals surface area contributed by atoms with Crippen LogP contribution in [0.1, 0.15) is 30.4 Å². The first-order valence-electron chi connectivity index (χ1n) is 6.24. The van der Waals surface area contributed by atoms with E-state index in [9.17, 15) is 0 Å². The van der Waals surface area contributed by atoms with Crippen LogP contribution in [0, 0.1) is 19.8 Å². The summed E-state index contributed by atoms with van der Waals surface area (Å²) in [6.45, 7) is 5.12. The number of nitrogens with two attached hydrogens (primary N) is 1. The Kier molecular flexibility index (Phi) is 3.49. The lowest BCUT2D eigenvalue weighted by Crippen LogP contribution is -2.29. The van der Waals surface area contributed by atoms with Crippen molar-refractivity contribution in [3.63, 3.8) is 0 Å². The van der Waals surface area contributed by atoms with E-state index in [1.807, 2.05) is 0 Å². The molecule has 0 aromatic heterocycles.